The van der Waals surface area contributed by atoms with Crippen LogP contribution in [0.15, 0.2) is 16.6 Å². The second kappa shape index (κ2) is 7.73. The molecule has 0 saturated carbocycles. The molecule has 2 fully saturated rings. The van der Waals surface area contributed by atoms with Gasteiger partial charge in [0.25, 0.3) is 0 Å². The third kappa shape index (κ3) is 4.07. The Kier molecular flexibility index (Phi) is 6.24. The van der Waals surface area contributed by atoms with E-state index in [-0.39, 0.29) is 24.0 Å². The molecule has 3 heterocycles. The summed E-state index contributed by atoms with van der Waals surface area (Å²) in [6.45, 7) is 4.88. The highest BCUT2D eigenvalue weighted by molar-refractivity contribution is 14.0. The van der Waals surface area contributed by atoms with Gasteiger partial charge in [-0.2, -0.15) is 0 Å². The normalized spacial score (nSPS) is 25.4. The molecule has 0 aliphatic carbocycles. The topological polar surface area (TPSA) is 49.8 Å². The maximum Gasteiger partial charge on any atom is 0.193 e. The third-order valence-electron chi connectivity index (χ3n) is 4.24. The van der Waals surface area contributed by atoms with Crippen LogP contribution in [0.3, 0.4) is 0 Å². The van der Waals surface area contributed by atoms with E-state index in [2.05, 4.69) is 20.2 Å². The molecular weight excluding hydrogens is 399 g/mol. The highest BCUT2D eigenvalue weighted by Gasteiger charge is 2.42. The minimum absolute atomic E-state index is 0. The number of aromatic nitrogens is 1. The standard InChI is InChI=1S/C14H22N4OS.HI/c1-15-13(17-5-2-12-16-6-9-20-12)18-7-3-14(10-18)4-8-19-11-14;/h6,9H,2-5,7-8,10-11H2,1H3,(H,15,17);1H. The highest BCUT2D eigenvalue weighted by atomic mass is 127. The number of ether oxygens (including phenoxy) is 1. The fraction of sp³-hybridized carbons (Fsp3) is 0.714. The van der Waals surface area contributed by atoms with Crippen molar-refractivity contribution in [1.82, 2.24) is 15.2 Å². The van der Waals surface area contributed by atoms with Crippen LogP contribution in [0.5, 0.6) is 0 Å². The lowest BCUT2D eigenvalue weighted by Crippen LogP contribution is -2.42. The van der Waals surface area contributed by atoms with E-state index in [9.17, 15) is 0 Å². The molecule has 7 heteroatoms. The van der Waals surface area contributed by atoms with Gasteiger partial charge < -0.3 is 15.0 Å². The van der Waals surface area contributed by atoms with E-state index in [1.54, 1.807) is 11.3 Å². The number of nitrogens with one attached hydrogen (secondary N) is 1. The van der Waals surface area contributed by atoms with Crippen molar-refractivity contribution < 1.29 is 4.74 Å². The number of thiazole rings is 1. The molecule has 21 heavy (non-hydrogen) atoms. The Bertz CT molecular complexity index is 460. The van der Waals surface area contributed by atoms with Gasteiger partial charge in [-0.05, 0) is 12.8 Å². The Morgan fingerprint density at radius 1 is 1.57 bits per heavy atom. The Balaban J connectivity index is 0.00000161. The van der Waals surface area contributed by atoms with Crippen LogP contribution < -0.4 is 5.32 Å². The molecular formula is C14H23IN4OS. The van der Waals surface area contributed by atoms with Crippen molar-refractivity contribution >= 4 is 41.3 Å². The number of hydrogen-bond acceptors (Lipinski definition) is 4. The average Bonchev–Trinajstić information content (AvgIpc) is 3.19. The molecule has 0 aromatic carbocycles. The Labute approximate surface area is 147 Å². The number of hydrogen-bond donors (Lipinski definition) is 1. The summed E-state index contributed by atoms with van der Waals surface area (Å²) in [7, 11) is 1.86. The molecule has 0 bridgehead atoms. The van der Waals surface area contributed by atoms with Crippen LogP contribution in [0, 0.1) is 5.41 Å². The van der Waals surface area contributed by atoms with Crippen LogP contribution in [0.25, 0.3) is 0 Å². The fourth-order valence-electron chi connectivity index (χ4n) is 3.08. The molecule has 3 rings (SSSR count). The molecule has 1 spiro atoms. The van der Waals surface area contributed by atoms with Crippen molar-refractivity contribution in [1.29, 1.82) is 0 Å². The molecule has 0 radical (unpaired) electrons. The van der Waals surface area contributed by atoms with Crippen LogP contribution >= 0.6 is 35.3 Å². The summed E-state index contributed by atoms with van der Waals surface area (Å²) in [5.41, 5.74) is 0.382. The van der Waals surface area contributed by atoms with Crippen LogP contribution in [0.4, 0.5) is 0 Å². The second-order valence-electron chi connectivity index (χ2n) is 5.62. The number of rotatable bonds is 3. The first kappa shape index (κ1) is 17.0. The first-order chi connectivity index (χ1) is 9.81. The van der Waals surface area contributed by atoms with Gasteiger partial charge in [0.05, 0.1) is 11.6 Å². The molecule has 1 atom stereocenters. The summed E-state index contributed by atoms with van der Waals surface area (Å²) in [4.78, 5) is 11.1. The Morgan fingerprint density at radius 2 is 2.48 bits per heavy atom. The minimum Gasteiger partial charge on any atom is -0.381 e. The van der Waals surface area contributed by atoms with E-state index in [4.69, 9.17) is 4.74 Å². The van der Waals surface area contributed by atoms with Crippen molar-refractivity contribution in [2.75, 3.05) is 39.9 Å². The van der Waals surface area contributed by atoms with Gasteiger partial charge in [-0.15, -0.1) is 35.3 Å². The van der Waals surface area contributed by atoms with Crippen LogP contribution in [0.2, 0.25) is 0 Å². The molecule has 2 saturated heterocycles. The number of guanidine groups is 1. The van der Waals surface area contributed by atoms with E-state index in [0.717, 1.165) is 45.2 Å². The summed E-state index contributed by atoms with van der Waals surface area (Å²) >= 11 is 1.71. The summed E-state index contributed by atoms with van der Waals surface area (Å²) < 4.78 is 5.58. The van der Waals surface area contributed by atoms with E-state index in [1.807, 2.05) is 18.6 Å². The highest BCUT2D eigenvalue weighted by Crippen LogP contribution is 2.38. The predicted octanol–water partition coefficient (Wildman–Crippen LogP) is 1.99. The minimum atomic E-state index is 0. The molecule has 1 aromatic heterocycles. The Hall–Kier alpha value is -0.410. The van der Waals surface area contributed by atoms with Gasteiger partial charge in [-0.1, -0.05) is 0 Å². The molecule has 0 amide bonds. The summed E-state index contributed by atoms with van der Waals surface area (Å²) in [5, 5.41) is 6.66. The average molecular weight is 422 g/mol. The van der Waals surface area contributed by atoms with Crippen LogP contribution in [-0.4, -0.2) is 55.7 Å². The molecule has 5 nitrogen and oxygen atoms in total. The number of likely N-dealkylation sites (tertiary alicyclic amines) is 1. The second-order valence-corrected chi connectivity index (χ2v) is 6.60. The maximum absolute atomic E-state index is 5.58. The van der Waals surface area contributed by atoms with Gasteiger partial charge in [0.1, 0.15) is 0 Å². The zero-order chi connectivity index (χ0) is 13.8. The van der Waals surface area contributed by atoms with E-state index in [1.165, 1.54) is 17.8 Å². The SMILES string of the molecule is CN=C(NCCc1nccs1)N1CCC2(CCOC2)C1.I. The largest absolute Gasteiger partial charge is 0.381 e. The van der Waals surface area contributed by atoms with Crippen LogP contribution in [-0.2, 0) is 11.2 Å². The van der Waals surface area contributed by atoms with E-state index in [0.29, 0.717) is 5.41 Å². The lowest BCUT2D eigenvalue weighted by Gasteiger charge is -2.24. The van der Waals surface area contributed by atoms with Crippen molar-refractivity contribution in [2.24, 2.45) is 10.4 Å². The maximum atomic E-state index is 5.58. The van der Waals surface area contributed by atoms with Crippen molar-refractivity contribution in [3.05, 3.63) is 16.6 Å². The molecule has 2 aliphatic heterocycles. The summed E-state index contributed by atoms with van der Waals surface area (Å²) in [6.07, 6.45) is 5.23. The molecule has 1 unspecified atom stereocenters. The number of halogens is 1. The van der Waals surface area contributed by atoms with Gasteiger partial charge in [0.2, 0.25) is 0 Å². The zero-order valence-electron chi connectivity index (χ0n) is 12.4. The smallest absolute Gasteiger partial charge is 0.193 e. The van der Waals surface area contributed by atoms with Gasteiger partial charge in [-0.25, -0.2) is 4.98 Å². The van der Waals surface area contributed by atoms with Gasteiger partial charge >= 0.3 is 0 Å². The third-order valence-corrected chi connectivity index (χ3v) is 5.08. The number of aliphatic imine (C=N–C) groups is 1. The summed E-state index contributed by atoms with van der Waals surface area (Å²) in [5.74, 6) is 1.02. The molecule has 1 N–H and O–H groups in total. The predicted molar refractivity (Wildman–Crippen MR) is 96.7 cm³/mol. The Morgan fingerprint density at radius 3 is 3.14 bits per heavy atom. The summed E-state index contributed by atoms with van der Waals surface area (Å²) in [6, 6.07) is 0. The van der Waals surface area contributed by atoms with Gasteiger partial charge in [-0.3, -0.25) is 4.99 Å². The first-order valence-corrected chi connectivity index (χ1v) is 8.11. The van der Waals surface area contributed by atoms with Crippen LogP contribution in [0.1, 0.15) is 17.8 Å². The molecule has 2 aliphatic rings. The van der Waals surface area contributed by atoms with E-state index < -0.39 is 0 Å². The van der Waals surface area contributed by atoms with E-state index >= 15 is 0 Å². The quantitative estimate of drug-likeness (QED) is 0.460. The fourth-order valence-corrected chi connectivity index (χ4v) is 3.70. The van der Waals surface area contributed by atoms with Gasteiger partial charge in [0.15, 0.2) is 5.96 Å². The van der Waals surface area contributed by atoms with Crippen molar-refractivity contribution in [2.45, 2.75) is 19.3 Å². The number of nitrogens with zero attached hydrogens (tertiary/aromatic N) is 3. The monoisotopic (exact) mass is 422 g/mol. The lowest BCUT2D eigenvalue weighted by atomic mass is 9.87. The van der Waals surface area contributed by atoms with Crippen molar-refractivity contribution in [3.63, 3.8) is 0 Å². The molecule has 118 valence electrons. The van der Waals surface area contributed by atoms with Crippen molar-refractivity contribution in [3.8, 4) is 0 Å². The lowest BCUT2D eigenvalue weighted by molar-refractivity contribution is 0.156. The first-order valence-electron chi connectivity index (χ1n) is 7.23. The zero-order valence-corrected chi connectivity index (χ0v) is 15.5. The molecule has 1 aromatic rings. The van der Waals surface area contributed by atoms with Gasteiger partial charge in [0, 0.05) is 56.7 Å².